The zero-order valence-corrected chi connectivity index (χ0v) is 18.1. The molecule has 0 spiro atoms. The van der Waals surface area contributed by atoms with Crippen LogP contribution in [0.4, 0.5) is 0 Å². The van der Waals surface area contributed by atoms with Gasteiger partial charge in [-0.25, -0.2) is 9.59 Å². The summed E-state index contributed by atoms with van der Waals surface area (Å²) >= 11 is 0. The number of benzene rings is 2. The number of rotatable bonds is 5. The number of para-hydroxylation sites is 1. The third-order valence-electron chi connectivity index (χ3n) is 5.79. The van der Waals surface area contributed by atoms with Gasteiger partial charge in [0.2, 0.25) is 0 Å². The lowest BCUT2D eigenvalue weighted by molar-refractivity contribution is 0.0339. The van der Waals surface area contributed by atoms with E-state index in [1.165, 1.54) is 6.07 Å². The maximum atomic E-state index is 13.0. The van der Waals surface area contributed by atoms with Crippen LogP contribution in [0.25, 0.3) is 33.1 Å². The first-order valence-corrected chi connectivity index (χ1v) is 10.8. The third kappa shape index (κ3) is 3.99. The van der Waals surface area contributed by atoms with E-state index in [0.717, 1.165) is 0 Å². The van der Waals surface area contributed by atoms with Crippen molar-refractivity contribution in [1.29, 1.82) is 0 Å². The van der Waals surface area contributed by atoms with Crippen molar-refractivity contribution in [2.75, 3.05) is 32.9 Å². The molecule has 3 heterocycles. The van der Waals surface area contributed by atoms with E-state index in [0.29, 0.717) is 72.7 Å². The van der Waals surface area contributed by atoms with Crippen molar-refractivity contribution >= 4 is 21.9 Å². The van der Waals surface area contributed by atoms with Gasteiger partial charge in [-0.1, -0.05) is 12.1 Å². The number of phenols is 1. The van der Waals surface area contributed by atoms with E-state index in [4.69, 9.17) is 18.3 Å². The Morgan fingerprint density at radius 3 is 2.61 bits per heavy atom. The summed E-state index contributed by atoms with van der Waals surface area (Å²) in [5, 5.41) is 11.8. The van der Waals surface area contributed by atoms with Crippen LogP contribution >= 0.6 is 0 Å². The average Bonchev–Trinajstić information content (AvgIpc) is 2.81. The monoisotopic (exact) mass is 449 g/mol. The Balaban J connectivity index is 1.70. The second kappa shape index (κ2) is 8.73. The fraction of sp³-hybridized carbons (Fsp3) is 0.280. The average molecular weight is 449 g/mol. The molecule has 2 aromatic carbocycles. The number of fused-ring (bicyclic) bond motifs is 2. The van der Waals surface area contributed by atoms with Crippen molar-refractivity contribution in [3.8, 4) is 22.6 Å². The molecule has 8 nitrogen and oxygen atoms in total. The smallest absolute Gasteiger partial charge is 0.344 e. The molecule has 1 aliphatic heterocycles. The molecule has 0 radical (unpaired) electrons. The van der Waals surface area contributed by atoms with E-state index in [1.807, 2.05) is 19.1 Å². The molecule has 1 fully saturated rings. The van der Waals surface area contributed by atoms with Gasteiger partial charge < -0.3 is 23.4 Å². The fourth-order valence-corrected chi connectivity index (χ4v) is 4.20. The number of nitrogens with zero attached hydrogens (tertiary/aromatic N) is 1. The fourth-order valence-electron chi connectivity index (χ4n) is 4.20. The quantitative estimate of drug-likeness (QED) is 0.462. The minimum Gasteiger partial charge on any atom is -0.507 e. The molecule has 170 valence electrons. The topological polar surface area (TPSA) is 102 Å². The zero-order chi connectivity index (χ0) is 22.9. The molecular formula is C25H23NO7. The molecule has 1 saturated heterocycles. The lowest BCUT2D eigenvalue weighted by Crippen LogP contribution is -2.35. The van der Waals surface area contributed by atoms with Crippen LogP contribution in [0, 0.1) is 0 Å². The second-order valence-corrected chi connectivity index (χ2v) is 7.86. The molecule has 0 aliphatic carbocycles. The van der Waals surface area contributed by atoms with Gasteiger partial charge in [-0.15, -0.1) is 0 Å². The van der Waals surface area contributed by atoms with Crippen molar-refractivity contribution in [2.45, 2.75) is 13.5 Å². The summed E-state index contributed by atoms with van der Waals surface area (Å²) in [6.45, 7) is 5.29. The van der Waals surface area contributed by atoms with Gasteiger partial charge in [-0.05, 0) is 31.2 Å². The SMILES string of the molecule is CCOc1cccc2cc(-c3cc(=O)oc4c(CN5CCOCC5)c(O)ccc34)c(=O)oc12. The van der Waals surface area contributed by atoms with Crippen molar-refractivity contribution < 1.29 is 23.4 Å². The molecule has 33 heavy (non-hydrogen) atoms. The van der Waals surface area contributed by atoms with Crippen LogP contribution < -0.4 is 16.0 Å². The molecular weight excluding hydrogens is 426 g/mol. The molecule has 2 aromatic heterocycles. The summed E-state index contributed by atoms with van der Waals surface area (Å²) in [7, 11) is 0. The Bertz CT molecular complexity index is 1450. The summed E-state index contributed by atoms with van der Waals surface area (Å²) in [6.07, 6.45) is 0. The Morgan fingerprint density at radius 2 is 1.82 bits per heavy atom. The van der Waals surface area contributed by atoms with E-state index in [1.54, 1.807) is 24.3 Å². The first-order chi connectivity index (χ1) is 16.0. The van der Waals surface area contributed by atoms with Gasteiger partial charge >= 0.3 is 11.3 Å². The normalized spacial score (nSPS) is 14.7. The maximum absolute atomic E-state index is 13.0. The van der Waals surface area contributed by atoms with Gasteiger partial charge in [0.05, 0.1) is 30.9 Å². The van der Waals surface area contributed by atoms with Crippen LogP contribution in [0.3, 0.4) is 0 Å². The Hall–Kier alpha value is -3.62. The molecule has 0 unspecified atom stereocenters. The third-order valence-corrected chi connectivity index (χ3v) is 5.79. The van der Waals surface area contributed by atoms with Gasteiger partial charge in [-0.3, -0.25) is 4.90 Å². The standard InChI is InChI=1S/C25H23NO7/c1-2-31-21-5-3-4-15-12-18(25(29)33-23(15)21)17-13-22(28)32-24-16(17)6-7-20(27)19(24)14-26-8-10-30-11-9-26/h3-7,12-13,27H,2,8-11,14H2,1H3. The Morgan fingerprint density at radius 1 is 1.00 bits per heavy atom. The van der Waals surface area contributed by atoms with E-state index >= 15 is 0 Å². The van der Waals surface area contributed by atoms with Gasteiger partial charge in [0.1, 0.15) is 11.3 Å². The number of ether oxygens (including phenoxy) is 2. The van der Waals surface area contributed by atoms with E-state index in [9.17, 15) is 14.7 Å². The first-order valence-electron chi connectivity index (χ1n) is 10.8. The highest BCUT2D eigenvalue weighted by molar-refractivity contribution is 5.97. The lowest BCUT2D eigenvalue weighted by Gasteiger charge is -2.27. The lowest BCUT2D eigenvalue weighted by atomic mass is 9.99. The summed E-state index contributed by atoms with van der Waals surface area (Å²) in [4.78, 5) is 27.6. The largest absolute Gasteiger partial charge is 0.507 e. The van der Waals surface area contributed by atoms with Crippen LogP contribution in [0.1, 0.15) is 12.5 Å². The predicted molar refractivity (Wildman–Crippen MR) is 123 cm³/mol. The Kier molecular flexibility index (Phi) is 5.62. The number of aromatic hydroxyl groups is 1. The zero-order valence-electron chi connectivity index (χ0n) is 18.1. The Labute approximate surface area is 188 Å². The number of hydrogen-bond acceptors (Lipinski definition) is 8. The maximum Gasteiger partial charge on any atom is 0.344 e. The molecule has 4 aromatic rings. The summed E-state index contributed by atoms with van der Waals surface area (Å²) in [5.41, 5.74) is 0.520. The molecule has 1 N–H and O–H groups in total. The van der Waals surface area contributed by atoms with Crippen molar-refractivity contribution in [1.82, 2.24) is 4.90 Å². The van der Waals surface area contributed by atoms with E-state index in [-0.39, 0.29) is 16.9 Å². The van der Waals surface area contributed by atoms with Crippen molar-refractivity contribution in [3.05, 3.63) is 68.9 Å². The molecule has 0 atom stereocenters. The van der Waals surface area contributed by atoms with E-state index in [2.05, 4.69) is 4.90 Å². The molecule has 5 rings (SSSR count). The number of hydrogen-bond donors (Lipinski definition) is 1. The minimum absolute atomic E-state index is 0.0289. The molecule has 0 amide bonds. The first kappa shape index (κ1) is 21.2. The predicted octanol–water partition coefficient (Wildman–Crippen LogP) is 3.50. The van der Waals surface area contributed by atoms with Crippen LogP contribution in [0.2, 0.25) is 0 Å². The van der Waals surface area contributed by atoms with Crippen LogP contribution in [0.15, 0.2) is 60.9 Å². The number of morpholine rings is 1. The van der Waals surface area contributed by atoms with E-state index < -0.39 is 11.3 Å². The van der Waals surface area contributed by atoms with Crippen molar-refractivity contribution in [2.24, 2.45) is 0 Å². The summed E-state index contributed by atoms with van der Waals surface area (Å²) < 4.78 is 22.1. The molecule has 0 bridgehead atoms. The van der Waals surface area contributed by atoms with Gasteiger partial charge in [0.15, 0.2) is 11.3 Å². The highest BCUT2D eigenvalue weighted by Gasteiger charge is 2.21. The summed E-state index contributed by atoms with van der Waals surface area (Å²) in [5.74, 6) is 0.509. The molecule has 1 aliphatic rings. The minimum atomic E-state index is -0.617. The van der Waals surface area contributed by atoms with Gasteiger partial charge in [-0.2, -0.15) is 0 Å². The molecule has 8 heteroatoms. The van der Waals surface area contributed by atoms with Gasteiger partial charge in [0.25, 0.3) is 0 Å². The highest BCUT2D eigenvalue weighted by Crippen LogP contribution is 2.34. The van der Waals surface area contributed by atoms with Crippen LogP contribution in [-0.4, -0.2) is 42.9 Å². The highest BCUT2D eigenvalue weighted by atomic mass is 16.5. The molecule has 0 saturated carbocycles. The van der Waals surface area contributed by atoms with Gasteiger partial charge in [0, 0.05) is 42.0 Å². The van der Waals surface area contributed by atoms with Crippen LogP contribution in [-0.2, 0) is 11.3 Å². The number of phenolic OH excluding ortho intramolecular Hbond substituents is 1. The van der Waals surface area contributed by atoms with Crippen molar-refractivity contribution in [3.63, 3.8) is 0 Å². The van der Waals surface area contributed by atoms with Crippen LogP contribution in [0.5, 0.6) is 11.5 Å². The second-order valence-electron chi connectivity index (χ2n) is 7.86. The summed E-state index contributed by atoms with van der Waals surface area (Å²) in [6, 6.07) is 11.5.